The summed E-state index contributed by atoms with van der Waals surface area (Å²) in [6, 6.07) is 5.63. The van der Waals surface area contributed by atoms with E-state index in [0.717, 1.165) is 0 Å². The number of rotatable bonds is 3. The van der Waals surface area contributed by atoms with E-state index in [9.17, 15) is 14.4 Å². The molecule has 28 heavy (non-hydrogen) atoms. The summed E-state index contributed by atoms with van der Waals surface area (Å²) in [5, 5.41) is 5.98. The molecule has 4 rings (SSSR count). The lowest BCUT2D eigenvalue weighted by Crippen LogP contribution is -2.49. The van der Waals surface area contributed by atoms with Crippen molar-refractivity contribution >= 4 is 29.5 Å². The van der Waals surface area contributed by atoms with Crippen LogP contribution >= 0.6 is 0 Å². The van der Waals surface area contributed by atoms with Crippen LogP contribution in [0.1, 0.15) is 20.8 Å². The van der Waals surface area contributed by atoms with E-state index >= 15 is 0 Å². The first-order chi connectivity index (χ1) is 13.3. The normalized spacial score (nSPS) is 28.6. The number of hydrazone groups is 1. The van der Waals surface area contributed by atoms with Crippen LogP contribution in [0, 0.1) is 17.3 Å². The number of hydrogen-bond acceptors (Lipinski definition) is 6. The summed E-state index contributed by atoms with van der Waals surface area (Å²) in [6.45, 7) is 5.47. The number of allylic oxidation sites excluding steroid dienone is 1. The van der Waals surface area contributed by atoms with E-state index < -0.39 is 29.3 Å². The van der Waals surface area contributed by atoms with Crippen LogP contribution in [0.25, 0.3) is 0 Å². The second-order valence-electron chi connectivity index (χ2n) is 8.34. The van der Waals surface area contributed by atoms with Crippen LogP contribution < -0.4 is 9.64 Å². The van der Waals surface area contributed by atoms with Crippen molar-refractivity contribution < 1.29 is 19.1 Å². The third kappa shape index (κ3) is 2.57. The number of hydrogen-bond donors (Lipinski definition) is 0. The molecule has 3 aliphatic rings. The van der Waals surface area contributed by atoms with E-state index in [0.29, 0.717) is 11.4 Å². The lowest BCUT2D eigenvalue weighted by molar-refractivity contribution is -0.136. The van der Waals surface area contributed by atoms with Crippen molar-refractivity contribution in [1.82, 2.24) is 5.01 Å². The number of imide groups is 1. The standard InChI is InChI=1S/C21H23N3O4/c1-21(2,3)18(25)17-16-15(14-6-5-11-22-24(14)17)19(26)23(20(16)27)12-7-9-13(28-4)10-8-12/h5-11,14-17H,1-4H3. The number of carbonyl (C=O) groups excluding carboxylic acids is 3. The molecule has 0 saturated carbocycles. The second-order valence-corrected chi connectivity index (χ2v) is 8.34. The number of ketones is 1. The molecule has 4 unspecified atom stereocenters. The van der Waals surface area contributed by atoms with Gasteiger partial charge in [0.05, 0.1) is 30.7 Å². The Morgan fingerprint density at radius 2 is 1.71 bits per heavy atom. The number of nitrogens with zero attached hydrogens (tertiary/aromatic N) is 3. The quantitative estimate of drug-likeness (QED) is 0.749. The number of amides is 2. The number of fused-ring (bicyclic) bond motifs is 3. The Hall–Kier alpha value is -2.96. The molecule has 4 atom stereocenters. The van der Waals surface area contributed by atoms with E-state index in [2.05, 4.69) is 5.10 Å². The van der Waals surface area contributed by atoms with Gasteiger partial charge in [-0.25, -0.2) is 4.90 Å². The summed E-state index contributed by atoms with van der Waals surface area (Å²) in [6.07, 6.45) is 5.20. The Labute approximate surface area is 163 Å². The van der Waals surface area contributed by atoms with Gasteiger partial charge < -0.3 is 4.74 Å². The topological polar surface area (TPSA) is 79.3 Å². The van der Waals surface area contributed by atoms with Crippen molar-refractivity contribution in [2.24, 2.45) is 22.4 Å². The van der Waals surface area contributed by atoms with Gasteiger partial charge in [0.2, 0.25) is 11.8 Å². The number of benzene rings is 1. The van der Waals surface area contributed by atoms with E-state index in [1.165, 1.54) is 4.90 Å². The van der Waals surface area contributed by atoms with E-state index in [1.807, 2.05) is 26.8 Å². The van der Waals surface area contributed by atoms with Gasteiger partial charge in [-0.1, -0.05) is 26.8 Å². The fourth-order valence-corrected chi connectivity index (χ4v) is 4.27. The number of carbonyl (C=O) groups is 3. The molecule has 1 aromatic rings. The summed E-state index contributed by atoms with van der Waals surface area (Å²) in [5.74, 6) is -1.46. The van der Waals surface area contributed by atoms with Gasteiger partial charge in [-0.2, -0.15) is 5.10 Å². The highest BCUT2D eigenvalue weighted by Crippen LogP contribution is 2.47. The molecule has 0 radical (unpaired) electrons. The molecule has 0 aromatic heterocycles. The van der Waals surface area contributed by atoms with Gasteiger partial charge in [0.1, 0.15) is 11.8 Å². The van der Waals surface area contributed by atoms with Crippen LogP contribution in [0.5, 0.6) is 5.75 Å². The van der Waals surface area contributed by atoms with Crippen molar-refractivity contribution in [3.63, 3.8) is 0 Å². The molecule has 1 aromatic carbocycles. The van der Waals surface area contributed by atoms with Crippen molar-refractivity contribution in [3.05, 3.63) is 36.4 Å². The molecule has 0 N–H and O–H groups in total. The number of anilines is 1. The fourth-order valence-electron chi connectivity index (χ4n) is 4.27. The summed E-state index contributed by atoms with van der Waals surface area (Å²) in [4.78, 5) is 41.0. The van der Waals surface area contributed by atoms with Gasteiger partial charge in [-0.05, 0) is 30.3 Å². The van der Waals surface area contributed by atoms with Gasteiger partial charge in [-0.3, -0.25) is 19.4 Å². The molecule has 0 spiro atoms. The molecule has 3 aliphatic heterocycles. The van der Waals surface area contributed by atoms with Gasteiger partial charge in [0.25, 0.3) is 0 Å². The molecule has 0 bridgehead atoms. The molecule has 2 amide bonds. The highest BCUT2D eigenvalue weighted by Gasteiger charge is 2.64. The first kappa shape index (κ1) is 18.4. The Morgan fingerprint density at radius 1 is 1.07 bits per heavy atom. The summed E-state index contributed by atoms with van der Waals surface area (Å²) in [7, 11) is 1.55. The third-order valence-electron chi connectivity index (χ3n) is 5.63. The van der Waals surface area contributed by atoms with Crippen LogP contribution in [0.4, 0.5) is 5.69 Å². The zero-order chi connectivity index (χ0) is 20.2. The highest BCUT2D eigenvalue weighted by molar-refractivity contribution is 6.24. The minimum Gasteiger partial charge on any atom is -0.497 e. The summed E-state index contributed by atoms with van der Waals surface area (Å²) in [5.41, 5.74) is -0.167. The molecular formula is C21H23N3O4. The molecule has 7 heteroatoms. The zero-order valence-corrected chi connectivity index (χ0v) is 16.3. The molecule has 2 fully saturated rings. The molecule has 2 saturated heterocycles. The van der Waals surface area contributed by atoms with Crippen molar-refractivity contribution in [1.29, 1.82) is 0 Å². The fraction of sp³-hybridized carbons (Fsp3) is 0.429. The summed E-state index contributed by atoms with van der Waals surface area (Å²) >= 11 is 0. The lowest BCUT2D eigenvalue weighted by atomic mass is 9.80. The maximum atomic E-state index is 13.4. The van der Waals surface area contributed by atoms with E-state index in [-0.39, 0.29) is 17.6 Å². The zero-order valence-electron chi connectivity index (χ0n) is 16.3. The lowest BCUT2D eigenvalue weighted by Gasteiger charge is -2.33. The van der Waals surface area contributed by atoms with E-state index in [4.69, 9.17) is 4.74 Å². The minimum atomic E-state index is -0.754. The first-order valence-corrected chi connectivity index (χ1v) is 9.31. The van der Waals surface area contributed by atoms with E-state index in [1.54, 1.807) is 48.7 Å². The highest BCUT2D eigenvalue weighted by atomic mass is 16.5. The molecule has 0 aliphatic carbocycles. The second kappa shape index (κ2) is 6.29. The van der Waals surface area contributed by atoms with Crippen LogP contribution in [0.3, 0.4) is 0 Å². The van der Waals surface area contributed by atoms with Gasteiger partial charge in [-0.15, -0.1) is 0 Å². The largest absolute Gasteiger partial charge is 0.497 e. The van der Waals surface area contributed by atoms with Gasteiger partial charge >= 0.3 is 0 Å². The van der Waals surface area contributed by atoms with Crippen LogP contribution in [-0.4, -0.2) is 48.0 Å². The van der Waals surface area contributed by atoms with Crippen LogP contribution in [0.2, 0.25) is 0 Å². The molecule has 3 heterocycles. The molecule has 146 valence electrons. The van der Waals surface area contributed by atoms with Crippen LogP contribution in [-0.2, 0) is 14.4 Å². The maximum Gasteiger partial charge on any atom is 0.240 e. The Bertz CT molecular complexity index is 897. The number of ether oxygens (including phenoxy) is 1. The predicted octanol–water partition coefficient (Wildman–Crippen LogP) is 2.02. The predicted molar refractivity (Wildman–Crippen MR) is 104 cm³/mol. The monoisotopic (exact) mass is 381 g/mol. The smallest absolute Gasteiger partial charge is 0.240 e. The molecular weight excluding hydrogens is 358 g/mol. The number of Topliss-reactive ketones (excluding diaryl/α,β-unsaturated/α-hetero) is 1. The first-order valence-electron chi connectivity index (χ1n) is 9.31. The van der Waals surface area contributed by atoms with Crippen molar-refractivity contribution in [2.45, 2.75) is 32.9 Å². The summed E-state index contributed by atoms with van der Waals surface area (Å²) < 4.78 is 5.15. The van der Waals surface area contributed by atoms with Gasteiger partial charge in [0.15, 0.2) is 5.78 Å². The Kier molecular flexibility index (Phi) is 4.14. The van der Waals surface area contributed by atoms with Crippen molar-refractivity contribution in [3.8, 4) is 5.75 Å². The van der Waals surface area contributed by atoms with Crippen LogP contribution in [0.15, 0.2) is 41.5 Å². The van der Waals surface area contributed by atoms with Crippen molar-refractivity contribution in [2.75, 3.05) is 12.0 Å². The van der Waals surface area contributed by atoms with Gasteiger partial charge in [0, 0.05) is 11.6 Å². The molecule has 7 nitrogen and oxygen atoms in total. The average molecular weight is 381 g/mol. The Balaban J connectivity index is 1.76. The minimum absolute atomic E-state index is 0.0878. The SMILES string of the molecule is COc1ccc(N2C(=O)C3C(C2=O)C(C(=O)C(C)(C)C)N2N=CC=CC32)cc1. The maximum absolute atomic E-state index is 13.4. The third-order valence-corrected chi connectivity index (χ3v) is 5.63. The average Bonchev–Trinajstić information content (AvgIpc) is 3.14. The Morgan fingerprint density at radius 3 is 2.32 bits per heavy atom. The number of methoxy groups -OCH3 is 1.